The van der Waals surface area contributed by atoms with Crippen LogP contribution < -0.4 is 5.32 Å². The number of rotatable bonds is 5. The maximum Gasteiger partial charge on any atom is 0.0802 e. The summed E-state index contributed by atoms with van der Waals surface area (Å²) >= 11 is 3.46. The lowest BCUT2D eigenvalue weighted by molar-refractivity contribution is -0.0706. The summed E-state index contributed by atoms with van der Waals surface area (Å²) in [6.45, 7) is 3.14. The van der Waals surface area contributed by atoms with E-state index >= 15 is 0 Å². The van der Waals surface area contributed by atoms with Crippen molar-refractivity contribution >= 4 is 15.9 Å². The number of halogens is 1. The minimum absolute atomic E-state index is 0.101. The SMILES string of the molecule is COC1(CNC(C)c2ccc(Br)cc2)CCC1. The zero-order valence-electron chi connectivity index (χ0n) is 10.5. The molecule has 1 N–H and O–H groups in total. The number of methoxy groups -OCH3 is 1. The molecule has 0 aliphatic heterocycles. The lowest BCUT2D eigenvalue weighted by atomic mass is 9.80. The highest BCUT2D eigenvalue weighted by atomic mass is 79.9. The molecule has 0 bridgehead atoms. The van der Waals surface area contributed by atoms with Crippen molar-refractivity contribution in [2.24, 2.45) is 0 Å². The third-order valence-electron chi connectivity index (χ3n) is 3.80. The molecule has 0 heterocycles. The summed E-state index contributed by atoms with van der Waals surface area (Å²) in [5, 5.41) is 3.57. The highest BCUT2D eigenvalue weighted by Gasteiger charge is 2.36. The van der Waals surface area contributed by atoms with Gasteiger partial charge in [0.15, 0.2) is 0 Å². The normalized spacial score (nSPS) is 19.7. The first-order chi connectivity index (χ1) is 8.15. The van der Waals surface area contributed by atoms with Gasteiger partial charge in [0.05, 0.1) is 5.60 Å². The van der Waals surface area contributed by atoms with Gasteiger partial charge < -0.3 is 10.1 Å². The molecule has 1 fully saturated rings. The van der Waals surface area contributed by atoms with E-state index in [9.17, 15) is 0 Å². The van der Waals surface area contributed by atoms with Crippen LogP contribution in [0, 0.1) is 0 Å². The molecule has 3 heteroatoms. The maximum absolute atomic E-state index is 5.61. The molecule has 94 valence electrons. The van der Waals surface area contributed by atoms with E-state index in [-0.39, 0.29) is 5.60 Å². The number of ether oxygens (including phenoxy) is 1. The van der Waals surface area contributed by atoms with Crippen LogP contribution in [0.4, 0.5) is 0 Å². The summed E-state index contributed by atoms with van der Waals surface area (Å²) in [7, 11) is 1.82. The molecule has 0 spiro atoms. The minimum atomic E-state index is 0.101. The predicted molar refractivity (Wildman–Crippen MR) is 74.2 cm³/mol. The number of hydrogen-bond donors (Lipinski definition) is 1. The van der Waals surface area contributed by atoms with Gasteiger partial charge in [0, 0.05) is 24.2 Å². The van der Waals surface area contributed by atoms with Crippen LogP contribution in [0.3, 0.4) is 0 Å². The zero-order chi connectivity index (χ0) is 12.3. The lowest BCUT2D eigenvalue weighted by Gasteiger charge is -2.41. The van der Waals surface area contributed by atoms with E-state index in [1.165, 1.54) is 24.8 Å². The van der Waals surface area contributed by atoms with Crippen molar-refractivity contribution in [1.29, 1.82) is 0 Å². The Labute approximate surface area is 112 Å². The van der Waals surface area contributed by atoms with E-state index in [0.29, 0.717) is 6.04 Å². The molecule has 0 saturated heterocycles. The standard InChI is InChI=1S/C14H20BrNO/c1-11(12-4-6-13(15)7-5-12)16-10-14(17-2)8-3-9-14/h4-7,11,16H,3,8-10H2,1-2H3. The fraction of sp³-hybridized carbons (Fsp3) is 0.571. The second-order valence-corrected chi connectivity index (χ2v) is 5.81. The quantitative estimate of drug-likeness (QED) is 0.895. The van der Waals surface area contributed by atoms with Crippen molar-refractivity contribution in [2.75, 3.05) is 13.7 Å². The first-order valence-corrected chi connectivity index (χ1v) is 6.98. The van der Waals surface area contributed by atoms with Crippen LogP contribution in [0.2, 0.25) is 0 Å². The first kappa shape index (κ1) is 13.1. The van der Waals surface area contributed by atoms with Crippen LogP contribution in [0.5, 0.6) is 0 Å². The maximum atomic E-state index is 5.61. The molecule has 0 radical (unpaired) electrons. The summed E-state index contributed by atoms with van der Waals surface area (Å²) < 4.78 is 6.73. The van der Waals surface area contributed by atoms with Crippen LogP contribution in [-0.2, 0) is 4.74 Å². The van der Waals surface area contributed by atoms with Crippen molar-refractivity contribution in [3.63, 3.8) is 0 Å². The molecule has 0 amide bonds. The predicted octanol–water partition coefficient (Wildman–Crippen LogP) is 3.67. The van der Waals surface area contributed by atoms with Crippen LogP contribution in [-0.4, -0.2) is 19.3 Å². The van der Waals surface area contributed by atoms with Gasteiger partial charge in [-0.2, -0.15) is 0 Å². The topological polar surface area (TPSA) is 21.3 Å². The van der Waals surface area contributed by atoms with Gasteiger partial charge >= 0.3 is 0 Å². The highest BCUT2D eigenvalue weighted by molar-refractivity contribution is 9.10. The minimum Gasteiger partial charge on any atom is -0.377 e. The smallest absolute Gasteiger partial charge is 0.0802 e. The molecule has 17 heavy (non-hydrogen) atoms. The van der Waals surface area contributed by atoms with Crippen molar-refractivity contribution in [3.8, 4) is 0 Å². The molecule has 1 aromatic carbocycles. The van der Waals surface area contributed by atoms with Crippen LogP contribution in [0.1, 0.15) is 37.8 Å². The molecule has 1 aromatic rings. The van der Waals surface area contributed by atoms with Gasteiger partial charge in [-0.05, 0) is 43.9 Å². The third kappa shape index (κ3) is 3.09. The fourth-order valence-electron chi connectivity index (χ4n) is 2.23. The average molecular weight is 298 g/mol. The van der Waals surface area contributed by atoms with Crippen molar-refractivity contribution in [2.45, 2.75) is 37.8 Å². The number of hydrogen-bond acceptors (Lipinski definition) is 2. The largest absolute Gasteiger partial charge is 0.377 e. The van der Waals surface area contributed by atoms with E-state index < -0.39 is 0 Å². The molecular weight excluding hydrogens is 278 g/mol. The summed E-state index contributed by atoms with van der Waals surface area (Å²) in [5.41, 5.74) is 1.42. The monoisotopic (exact) mass is 297 g/mol. The second kappa shape index (κ2) is 5.51. The van der Waals surface area contributed by atoms with E-state index in [1.54, 1.807) is 0 Å². The lowest BCUT2D eigenvalue weighted by Crippen LogP contribution is -2.48. The molecular formula is C14H20BrNO. The van der Waals surface area contributed by atoms with Gasteiger partial charge in [-0.1, -0.05) is 28.1 Å². The van der Waals surface area contributed by atoms with Gasteiger partial charge in [0.1, 0.15) is 0 Å². The molecule has 1 saturated carbocycles. The second-order valence-electron chi connectivity index (χ2n) is 4.89. The van der Waals surface area contributed by atoms with Crippen LogP contribution >= 0.6 is 15.9 Å². The summed E-state index contributed by atoms with van der Waals surface area (Å²) in [6, 6.07) is 8.85. The molecule has 1 aliphatic carbocycles. The van der Waals surface area contributed by atoms with Gasteiger partial charge in [0.25, 0.3) is 0 Å². The van der Waals surface area contributed by atoms with Gasteiger partial charge in [-0.25, -0.2) is 0 Å². The van der Waals surface area contributed by atoms with Crippen LogP contribution in [0.15, 0.2) is 28.7 Å². The van der Waals surface area contributed by atoms with E-state index in [4.69, 9.17) is 4.74 Å². The van der Waals surface area contributed by atoms with Crippen molar-refractivity contribution in [1.82, 2.24) is 5.32 Å². The summed E-state index contributed by atoms with van der Waals surface area (Å²) in [4.78, 5) is 0. The van der Waals surface area contributed by atoms with Gasteiger partial charge in [-0.3, -0.25) is 0 Å². The number of nitrogens with one attached hydrogen (secondary N) is 1. The Balaban J connectivity index is 1.88. The average Bonchev–Trinajstić information content (AvgIpc) is 2.29. The molecule has 2 nitrogen and oxygen atoms in total. The molecule has 0 aromatic heterocycles. The van der Waals surface area contributed by atoms with Gasteiger partial charge in [0.2, 0.25) is 0 Å². The number of benzene rings is 1. The van der Waals surface area contributed by atoms with E-state index in [2.05, 4.69) is 52.4 Å². The zero-order valence-corrected chi connectivity index (χ0v) is 12.1. The van der Waals surface area contributed by atoms with Gasteiger partial charge in [-0.15, -0.1) is 0 Å². The fourth-order valence-corrected chi connectivity index (χ4v) is 2.50. The van der Waals surface area contributed by atoms with Crippen molar-refractivity contribution in [3.05, 3.63) is 34.3 Å². The molecule has 1 atom stereocenters. The Bertz CT molecular complexity index is 353. The summed E-state index contributed by atoms with van der Waals surface area (Å²) in [5.74, 6) is 0. The summed E-state index contributed by atoms with van der Waals surface area (Å²) in [6.07, 6.45) is 3.66. The van der Waals surface area contributed by atoms with E-state index in [0.717, 1.165) is 11.0 Å². The Hall–Kier alpha value is -0.380. The third-order valence-corrected chi connectivity index (χ3v) is 4.33. The Morgan fingerprint density at radius 1 is 1.35 bits per heavy atom. The van der Waals surface area contributed by atoms with Crippen molar-refractivity contribution < 1.29 is 4.74 Å². The molecule has 2 rings (SSSR count). The first-order valence-electron chi connectivity index (χ1n) is 6.19. The Morgan fingerprint density at radius 3 is 2.47 bits per heavy atom. The molecule has 1 unspecified atom stereocenters. The highest BCUT2D eigenvalue weighted by Crippen LogP contribution is 2.34. The molecule has 1 aliphatic rings. The Morgan fingerprint density at radius 2 is 2.00 bits per heavy atom. The van der Waals surface area contributed by atoms with E-state index in [1.807, 2.05) is 7.11 Å². The Kier molecular flexibility index (Phi) is 4.23. The van der Waals surface area contributed by atoms with Crippen LogP contribution in [0.25, 0.3) is 0 Å².